The quantitative estimate of drug-likeness (QED) is 0.156. The van der Waals surface area contributed by atoms with Crippen molar-refractivity contribution in [2.75, 3.05) is 12.4 Å². The number of fused-ring (bicyclic) bond motifs is 1. The van der Waals surface area contributed by atoms with E-state index in [9.17, 15) is 22.9 Å². The second-order valence-electron chi connectivity index (χ2n) is 8.06. The molecule has 0 fully saturated rings. The van der Waals surface area contributed by atoms with Gasteiger partial charge >= 0.3 is 0 Å². The molecule has 0 spiro atoms. The van der Waals surface area contributed by atoms with E-state index in [1.165, 1.54) is 31.4 Å². The number of hydrogen-bond acceptors (Lipinski definition) is 7. The van der Waals surface area contributed by atoms with Crippen molar-refractivity contribution in [2.45, 2.75) is 18.2 Å². The van der Waals surface area contributed by atoms with E-state index in [2.05, 4.69) is 15.5 Å². The minimum Gasteiger partial charge on any atom is -0.505 e. The van der Waals surface area contributed by atoms with Gasteiger partial charge in [-0.05, 0) is 41.6 Å². The highest BCUT2D eigenvalue weighted by Crippen LogP contribution is 2.42. The number of nitrogens with one attached hydrogen (secondary N) is 1. The molecule has 9 nitrogen and oxygen atoms in total. The normalized spacial score (nSPS) is 11.7. The van der Waals surface area contributed by atoms with Crippen molar-refractivity contribution in [1.29, 1.82) is 0 Å². The summed E-state index contributed by atoms with van der Waals surface area (Å²) in [5.74, 6) is -0.688. The number of halogens is 2. The molecule has 0 bridgehead atoms. The van der Waals surface area contributed by atoms with Crippen LogP contribution >= 0.6 is 23.2 Å². The molecule has 4 rings (SSSR count). The highest BCUT2D eigenvalue weighted by molar-refractivity contribution is 7.86. The summed E-state index contributed by atoms with van der Waals surface area (Å²) in [6, 6.07) is 15.6. The SMILES string of the molecule is CCc1ccc(S(=O)(=O)O)c(N=Nc2c(O)c(C(=O)Nc3ccc(OC)cc3Cl)cc3ccccc23)c1Cl. The summed E-state index contributed by atoms with van der Waals surface area (Å²) >= 11 is 12.6. The monoisotopic (exact) mass is 573 g/mol. The smallest absolute Gasteiger partial charge is 0.296 e. The van der Waals surface area contributed by atoms with E-state index in [1.54, 1.807) is 36.4 Å². The van der Waals surface area contributed by atoms with Gasteiger partial charge < -0.3 is 15.2 Å². The molecule has 0 saturated heterocycles. The van der Waals surface area contributed by atoms with Crippen LogP contribution in [0.25, 0.3) is 10.8 Å². The second-order valence-corrected chi connectivity index (χ2v) is 10.2. The number of methoxy groups -OCH3 is 1. The van der Waals surface area contributed by atoms with Gasteiger partial charge in [-0.15, -0.1) is 10.2 Å². The van der Waals surface area contributed by atoms with E-state index >= 15 is 0 Å². The lowest BCUT2D eigenvalue weighted by Crippen LogP contribution is -2.12. The van der Waals surface area contributed by atoms with Gasteiger partial charge in [0.1, 0.15) is 22.0 Å². The van der Waals surface area contributed by atoms with Gasteiger partial charge in [0.15, 0.2) is 5.75 Å². The first kappa shape index (κ1) is 27.3. The number of phenols is 1. The zero-order chi connectivity index (χ0) is 27.6. The maximum Gasteiger partial charge on any atom is 0.296 e. The molecule has 0 aliphatic heterocycles. The first-order valence-corrected chi connectivity index (χ1v) is 13.3. The number of benzene rings is 4. The number of aromatic hydroxyl groups is 1. The Balaban J connectivity index is 1.85. The molecule has 0 heterocycles. The van der Waals surface area contributed by atoms with Crippen molar-refractivity contribution in [1.82, 2.24) is 0 Å². The molecule has 196 valence electrons. The topological polar surface area (TPSA) is 138 Å². The van der Waals surface area contributed by atoms with Crippen molar-refractivity contribution in [2.24, 2.45) is 10.2 Å². The second kappa shape index (κ2) is 11.0. The third kappa shape index (κ3) is 5.44. The molecule has 0 radical (unpaired) electrons. The third-order valence-electron chi connectivity index (χ3n) is 5.73. The largest absolute Gasteiger partial charge is 0.505 e. The number of carbonyl (C=O) groups excluding carboxylic acids is 1. The van der Waals surface area contributed by atoms with Crippen molar-refractivity contribution in [3.8, 4) is 11.5 Å². The molecule has 0 aliphatic carbocycles. The van der Waals surface area contributed by atoms with Crippen LogP contribution in [0.15, 0.2) is 75.8 Å². The predicted octanol–water partition coefficient (Wildman–Crippen LogP) is 7.34. The molecule has 12 heteroatoms. The number of aryl methyl sites for hydroxylation is 1. The molecule has 4 aromatic carbocycles. The Morgan fingerprint density at radius 3 is 2.39 bits per heavy atom. The van der Waals surface area contributed by atoms with Gasteiger partial charge in [-0.2, -0.15) is 8.42 Å². The first-order chi connectivity index (χ1) is 18.0. The Morgan fingerprint density at radius 2 is 1.74 bits per heavy atom. The van der Waals surface area contributed by atoms with Crippen LogP contribution in [0.2, 0.25) is 10.0 Å². The molecule has 0 atom stereocenters. The van der Waals surface area contributed by atoms with Gasteiger partial charge in [-0.3, -0.25) is 9.35 Å². The van der Waals surface area contributed by atoms with Gasteiger partial charge in [0.25, 0.3) is 16.0 Å². The Labute approximate surface area is 228 Å². The minimum absolute atomic E-state index is 0.0155. The van der Waals surface area contributed by atoms with Crippen molar-refractivity contribution in [3.05, 3.63) is 81.8 Å². The van der Waals surface area contributed by atoms with Gasteiger partial charge in [-0.1, -0.05) is 60.5 Å². The van der Waals surface area contributed by atoms with E-state index in [0.29, 0.717) is 28.5 Å². The van der Waals surface area contributed by atoms with Gasteiger partial charge in [0.2, 0.25) is 0 Å². The molecule has 0 unspecified atom stereocenters. The number of ether oxygens (including phenoxy) is 1. The lowest BCUT2D eigenvalue weighted by molar-refractivity contribution is 0.102. The average Bonchev–Trinajstić information content (AvgIpc) is 2.88. The van der Waals surface area contributed by atoms with Crippen molar-refractivity contribution in [3.63, 3.8) is 0 Å². The Kier molecular flexibility index (Phi) is 7.89. The molecule has 3 N–H and O–H groups in total. The van der Waals surface area contributed by atoms with E-state index in [4.69, 9.17) is 27.9 Å². The predicted molar refractivity (Wildman–Crippen MR) is 146 cm³/mol. The number of hydrogen-bond donors (Lipinski definition) is 3. The fourth-order valence-corrected chi connectivity index (χ4v) is 5.01. The molecule has 0 aliphatic rings. The summed E-state index contributed by atoms with van der Waals surface area (Å²) in [7, 11) is -3.21. The fourth-order valence-electron chi connectivity index (χ4n) is 3.77. The van der Waals surface area contributed by atoms with Crippen LogP contribution in [0.3, 0.4) is 0 Å². The highest BCUT2D eigenvalue weighted by Gasteiger charge is 2.22. The maximum absolute atomic E-state index is 13.2. The van der Waals surface area contributed by atoms with Crippen LogP contribution in [0.1, 0.15) is 22.8 Å². The lowest BCUT2D eigenvalue weighted by Gasteiger charge is -2.13. The number of carbonyl (C=O) groups is 1. The van der Waals surface area contributed by atoms with E-state index in [1.807, 2.05) is 6.92 Å². The summed E-state index contributed by atoms with van der Waals surface area (Å²) < 4.78 is 38.7. The van der Waals surface area contributed by atoms with Crippen LogP contribution < -0.4 is 10.1 Å². The van der Waals surface area contributed by atoms with E-state index < -0.39 is 26.7 Å². The molecule has 0 saturated carbocycles. The maximum atomic E-state index is 13.2. The highest BCUT2D eigenvalue weighted by atomic mass is 35.5. The van der Waals surface area contributed by atoms with Gasteiger partial charge in [0, 0.05) is 11.5 Å². The summed E-state index contributed by atoms with van der Waals surface area (Å²) in [6.07, 6.45) is 0.463. The standard InChI is InChI=1S/C26H21Cl2N3O6S/c1-3-14-8-11-21(38(34,35)36)24(22(14)28)31-30-23-17-7-5-4-6-15(17)12-18(25(23)32)26(33)29-20-10-9-16(37-2)13-19(20)27/h4-13,32H,3H2,1-2H3,(H,29,33)(H,34,35,36). The number of phenolic OH excluding ortho intramolecular Hbond substituents is 1. The van der Waals surface area contributed by atoms with Gasteiger partial charge in [-0.25, -0.2) is 0 Å². The zero-order valence-corrected chi connectivity index (χ0v) is 22.4. The fraction of sp³-hybridized carbons (Fsp3) is 0.115. The zero-order valence-electron chi connectivity index (χ0n) is 20.1. The van der Waals surface area contributed by atoms with Gasteiger partial charge in [0.05, 0.1) is 28.4 Å². The number of rotatable bonds is 7. The summed E-state index contributed by atoms with van der Waals surface area (Å²) in [4.78, 5) is 12.6. The Hall–Kier alpha value is -3.70. The summed E-state index contributed by atoms with van der Waals surface area (Å²) in [5.41, 5.74) is 0.332. The number of anilines is 1. The third-order valence-corrected chi connectivity index (χ3v) is 7.35. The minimum atomic E-state index is -4.69. The van der Waals surface area contributed by atoms with Crippen molar-refractivity contribution >= 4 is 67.1 Å². The van der Waals surface area contributed by atoms with Crippen LogP contribution in [0.5, 0.6) is 11.5 Å². The lowest BCUT2D eigenvalue weighted by atomic mass is 10.0. The van der Waals surface area contributed by atoms with Crippen LogP contribution in [0.4, 0.5) is 17.1 Å². The molecule has 0 aromatic heterocycles. The summed E-state index contributed by atoms with van der Waals surface area (Å²) in [5, 5.41) is 23.0. The average molecular weight is 574 g/mol. The van der Waals surface area contributed by atoms with Crippen LogP contribution in [-0.2, 0) is 16.5 Å². The Bertz CT molecular complexity index is 1710. The number of amides is 1. The Morgan fingerprint density at radius 1 is 1.03 bits per heavy atom. The molecule has 4 aromatic rings. The molecular weight excluding hydrogens is 553 g/mol. The number of azo groups is 1. The molecular formula is C26H21Cl2N3O6S. The molecule has 38 heavy (non-hydrogen) atoms. The first-order valence-electron chi connectivity index (χ1n) is 11.1. The van der Waals surface area contributed by atoms with E-state index in [-0.39, 0.29) is 32.7 Å². The van der Waals surface area contributed by atoms with Crippen molar-refractivity contribution < 1.29 is 27.6 Å². The molecule has 1 amide bonds. The van der Waals surface area contributed by atoms with Crippen LogP contribution in [0, 0.1) is 0 Å². The van der Waals surface area contributed by atoms with E-state index in [0.717, 1.165) is 0 Å². The number of nitrogens with zero attached hydrogens (tertiary/aromatic N) is 2. The summed E-state index contributed by atoms with van der Waals surface area (Å²) in [6.45, 7) is 1.81. The van der Waals surface area contributed by atoms with Crippen LogP contribution in [-0.4, -0.2) is 31.1 Å².